The van der Waals surface area contributed by atoms with Crippen molar-refractivity contribution in [1.29, 1.82) is 0 Å². The van der Waals surface area contributed by atoms with Gasteiger partial charge < -0.3 is 51.1 Å². The molecule has 0 bridgehead atoms. The number of phenols is 10. The quantitative estimate of drug-likeness (QED) is 0.0525. The van der Waals surface area contributed by atoms with Crippen LogP contribution in [-0.4, -0.2) is 51.1 Å². The fourth-order valence-corrected chi connectivity index (χ4v) is 15.6. The number of phenolic OH excluding ortho intramolecular Hbond substituents is 10. The Bertz CT molecular complexity index is 6130. The minimum atomic E-state index is -0.596. The van der Waals surface area contributed by atoms with Gasteiger partial charge in [0, 0.05) is 51.1 Å². The number of hydrogen-bond acceptors (Lipinski definition) is 10. The summed E-state index contributed by atoms with van der Waals surface area (Å²) in [5, 5.41) is 118. The van der Waals surface area contributed by atoms with Crippen LogP contribution in [0.4, 0.5) is 0 Å². The number of hydrogen-bond donors (Lipinski definition) is 10. The number of aromatic hydroxyl groups is 10. The van der Waals surface area contributed by atoms with Gasteiger partial charge >= 0.3 is 0 Å². The summed E-state index contributed by atoms with van der Waals surface area (Å²) in [4.78, 5) is 0. The van der Waals surface area contributed by atoms with Crippen molar-refractivity contribution in [1.82, 2.24) is 0 Å². The third-order valence-electron chi connectivity index (χ3n) is 20.8. The summed E-state index contributed by atoms with van der Waals surface area (Å²) in [5.41, 5.74) is 13.2. The predicted molar refractivity (Wildman–Crippen MR) is 439 cm³/mol. The molecule has 18 aromatic rings. The molecule has 0 aliphatic heterocycles. The molecular weight excluding hydrogens is 1350 g/mol. The molecule has 10 N–H and O–H groups in total. The Balaban J connectivity index is 0.000000125. The van der Waals surface area contributed by atoms with E-state index in [1.807, 2.05) is 164 Å². The highest BCUT2D eigenvalue weighted by molar-refractivity contribution is 5.98. The molecule has 0 aliphatic carbocycles. The van der Waals surface area contributed by atoms with Gasteiger partial charge in [0.2, 0.25) is 0 Å². The normalized spacial score (nSPS) is 11.4. The summed E-state index contributed by atoms with van der Waals surface area (Å²) >= 11 is 0. The first-order valence-corrected chi connectivity index (χ1v) is 35.9. The van der Waals surface area contributed by atoms with Crippen molar-refractivity contribution in [2.24, 2.45) is 0 Å². The average Bonchev–Trinajstić information content (AvgIpc) is 0.755. The van der Waals surface area contributed by atoms with E-state index in [1.54, 1.807) is 133 Å². The highest BCUT2D eigenvalue weighted by Crippen LogP contribution is 2.52. The van der Waals surface area contributed by atoms with Crippen molar-refractivity contribution < 1.29 is 51.1 Å². The van der Waals surface area contributed by atoms with Gasteiger partial charge in [-0.3, -0.25) is 0 Å². The van der Waals surface area contributed by atoms with Gasteiger partial charge in [-0.1, -0.05) is 273 Å². The zero-order chi connectivity index (χ0) is 74.8. The molecule has 0 spiro atoms. The number of benzene rings is 18. The van der Waals surface area contributed by atoms with E-state index >= 15 is 0 Å². The minimum absolute atomic E-state index is 0.0480. The summed E-state index contributed by atoms with van der Waals surface area (Å²) in [6, 6.07) is 112. The van der Waals surface area contributed by atoms with E-state index in [2.05, 4.69) is 60.7 Å². The Labute approximate surface area is 628 Å². The average molecular weight is 1420 g/mol. The van der Waals surface area contributed by atoms with E-state index in [0.29, 0.717) is 33.0 Å². The molecule has 0 amide bonds. The molecule has 10 nitrogen and oxygen atoms in total. The van der Waals surface area contributed by atoms with E-state index in [4.69, 9.17) is 0 Å². The Morgan fingerprint density at radius 1 is 0.147 bits per heavy atom. The Morgan fingerprint density at radius 2 is 0.358 bits per heavy atom. The summed E-state index contributed by atoms with van der Waals surface area (Å²) in [7, 11) is 0. The van der Waals surface area contributed by atoms with Crippen molar-refractivity contribution >= 4 is 64.6 Å². The molecule has 0 saturated heterocycles. The van der Waals surface area contributed by atoms with Crippen LogP contribution < -0.4 is 0 Å². The molecule has 0 radical (unpaired) electrons. The van der Waals surface area contributed by atoms with E-state index in [1.165, 1.54) is 0 Å². The SMILES string of the molecule is Oc1ccc2c(C(c3ccc(-c4ccccc4)cc3)c3c(O)ccc4cc(O)ccc34)c(O)ccc2c1.Oc1ccc2ccc(O)c(C(c3ccc(-c4ccccc4)cc3)c3c(O)ccc4ccc(O)cc34)c2c1.Oc1ccc2ccccc2c1C(c1ccc(-c2ccccc2)cc1)c1c(O)ccc2ccccc12. The molecule has 0 aromatic heterocycles. The topological polar surface area (TPSA) is 202 Å². The maximum absolute atomic E-state index is 11.2. The summed E-state index contributed by atoms with van der Waals surface area (Å²) in [5.74, 6) is -0.359. The second-order valence-electron chi connectivity index (χ2n) is 27.3. The molecule has 0 fully saturated rings. The van der Waals surface area contributed by atoms with Crippen LogP contribution in [-0.2, 0) is 0 Å². The number of rotatable bonds is 12. The van der Waals surface area contributed by atoms with Crippen molar-refractivity contribution in [2.45, 2.75) is 17.8 Å². The third kappa shape index (κ3) is 13.7. The standard InChI is InChI=1S/2C33H24O4.C33H24O2/c34-25-12-14-27-23(18-25)10-16-29(36)32(27)31(22-8-6-21(7-9-22)20-4-2-1-3-5-20)33-28-15-13-26(35)19-24(28)11-17-30(33)37;34-25-14-10-22-12-16-29(36)32(27(22)18-25)31(24-8-6-21(7-9-24)20-4-2-1-3-5-20)33-28-19-26(35)15-11-23(28)13-17-30(33)37;34-29-20-18-24-10-4-6-12-27(24)32(29)31(33-28-13-7-5-11-25(28)19-21-30(33)35)26-16-14-23(15-17-26)22-8-2-1-3-9-22/h2*1-19,31,34-37H;1-21,31,34-35H. The maximum Gasteiger partial charge on any atom is 0.120 e. The van der Waals surface area contributed by atoms with Crippen LogP contribution in [0.3, 0.4) is 0 Å². The second kappa shape index (κ2) is 29.6. The van der Waals surface area contributed by atoms with Crippen LogP contribution in [0.2, 0.25) is 0 Å². The van der Waals surface area contributed by atoms with Gasteiger partial charge in [0.15, 0.2) is 0 Å². The van der Waals surface area contributed by atoms with Crippen molar-refractivity contribution in [2.75, 3.05) is 0 Å². The minimum Gasteiger partial charge on any atom is -0.508 e. The molecule has 10 heteroatoms. The van der Waals surface area contributed by atoms with Gasteiger partial charge in [-0.05, 0) is 200 Å². The highest BCUT2D eigenvalue weighted by atomic mass is 16.3. The van der Waals surface area contributed by atoms with Gasteiger partial charge in [-0.2, -0.15) is 0 Å². The van der Waals surface area contributed by atoms with Crippen LogP contribution in [0.1, 0.15) is 67.8 Å². The molecule has 0 aliphatic rings. The molecule has 0 heterocycles. The van der Waals surface area contributed by atoms with Crippen LogP contribution >= 0.6 is 0 Å². The van der Waals surface area contributed by atoms with E-state index < -0.39 is 11.8 Å². The first kappa shape index (κ1) is 68.9. The van der Waals surface area contributed by atoms with Gasteiger partial charge in [0.05, 0.1) is 0 Å². The molecule has 18 aromatic carbocycles. The Hall–Kier alpha value is -14.5. The van der Waals surface area contributed by atoms with Gasteiger partial charge in [-0.25, -0.2) is 0 Å². The van der Waals surface area contributed by atoms with Crippen molar-refractivity contribution in [3.05, 3.63) is 408 Å². The lowest BCUT2D eigenvalue weighted by molar-refractivity contribution is 0.459. The zero-order valence-corrected chi connectivity index (χ0v) is 58.8. The van der Waals surface area contributed by atoms with Gasteiger partial charge in [-0.15, -0.1) is 0 Å². The lowest BCUT2D eigenvalue weighted by Gasteiger charge is -2.24. The molecule has 0 atom stereocenters. The van der Waals surface area contributed by atoms with Crippen molar-refractivity contribution in [3.63, 3.8) is 0 Å². The molecular formula is C99H72O10. The third-order valence-corrected chi connectivity index (χ3v) is 20.8. The first-order chi connectivity index (χ1) is 53.2. The fraction of sp³-hybridized carbons (Fsp3) is 0.0303. The molecule has 0 unspecified atom stereocenters. The molecule has 0 saturated carbocycles. The summed E-state index contributed by atoms with van der Waals surface area (Å²) < 4.78 is 0. The highest BCUT2D eigenvalue weighted by Gasteiger charge is 2.31. The molecule has 109 heavy (non-hydrogen) atoms. The smallest absolute Gasteiger partial charge is 0.120 e. The zero-order valence-electron chi connectivity index (χ0n) is 58.8. The first-order valence-electron chi connectivity index (χ1n) is 35.9. The van der Waals surface area contributed by atoms with Crippen molar-refractivity contribution in [3.8, 4) is 90.9 Å². The lowest BCUT2D eigenvalue weighted by Crippen LogP contribution is -2.06. The summed E-state index contributed by atoms with van der Waals surface area (Å²) in [6.07, 6.45) is 0. The van der Waals surface area contributed by atoms with Crippen LogP contribution in [0.25, 0.3) is 98.0 Å². The van der Waals surface area contributed by atoms with Crippen LogP contribution in [0.15, 0.2) is 358 Å². The fourth-order valence-electron chi connectivity index (χ4n) is 15.6. The van der Waals surface area contributed by atoms with Gasteiger partial charge in [0.25, 0.3) is 0 Å². The molecule has 528 valence electrons. The van der Waals surface area contributed by atoms with E-state index in [9.17, 15) is 51.1 Å². The number of fused-ring (bicyclic) bond motifs is 6. The monoisotopic (exact) mass is 1420 g/mol. The van der Waals surface area contributed by atoms with Crippen LogP contribution in [0, 0.1) is 0 Å². The van der Waals surface area contributed by atoms with Crippen LogP contribution in [0.5, 0.6) is 57.5 Å². The van der Waals surface area contributed by atoms with E-state index in [-0.39, 0.29) is 63.4 Å². The van der Waals surface area contributed by atoms with Gasteiger partial charge in [0.1, 0.15) is 57.5 Å². The summed E-state index contributed by atoms with van der Waals surface area (Å²) in [6.45, 7) is 0. The largest absolute Gasteiger partial charge is 0.508 e. The lowest BCUT2D eigenvalue weighted by atomic mass is 9.79. The Kier molecular flexibility index (Phi) is 18.7. The van der Waals surface area contributed by atoms with E-state index in [0.717, 1.165) is 115 Å². The Morgan fingerprint density at radius 3 is 0.661 bits per heavy atom. The predicted octanol–water partition coefficient (Wildman–Crippen LogP) is 23.6. The second-order valence-corrected chi connectivity index (χ2v) is 27.3. The maximum atomic E-state index is 11.2. The molecule has 18 rings (SSSR count).